The van der Waals surface area contributed by atoms with Crippen molar-refractivity contribution in [3.8, 4) is 0 Å². The van der Waals surface area contributed by atoms with Crippen molar-refractivity contribution in [2.75, 3.05) is 5.75 Å². The molecule has 1 unspecified atom stereocenters. The minimum absolute atomic E-state index is 0.0395. The van der Waals surface area contributed by atoms with Gasteiger partial charge in [0.2, 0.25) is 6.10 Å². The summed E-state index contributed by atoms with van der Waals surface area (Å²) in [6.07, 6.45) is -8.28. The summed E-state index contributed by atoms with van der Waals surface area (Å²) in [7, 11) is -3.05. The largest absolute Gasteiger partial charge is 0.461 e. The predicted molar refractivity (Wildman–Crippen MR) is 94.7 cm³/mol. The maximum atomic E-state index is 12.7. The Morgan fingerprint density at radius 2 is 1.68 bits per heavy atom. The molecular formula is C16H20BF3O7S. The molecule has 0 saturated heterocycles. The number of alkyl halides is 3. The molecule has 0 amide bonds. The number of ether oxygens (including phenoxy) is 2. The topological polar surface area (TPSA) is 107 Å². The van der Waals surface area contributed by atoms with Gasteiger partial charge in [0.15, 0.2) is 0 Å². The average Bonchev–Trinajstić information content (AvgIpc) is 2.57. The average molecular weight is 424 g/mol. The van der Waals surface area contributed by atoms with E-state index in [2.05, 4.69) is 4.74 Å². The standard InChI is InChI=1S/C16H20BF3O7S/c17-8-11-4-1-2-5-12(11)9-26-14(21)6-3-7-15(22)27-13(16(18,19)20)10-28(23,24)25/h1-2,4-5,13H,3,6-10,17H2,(H,23,24,25). The normalized spacial score (nSPS) is 13.0. The molecule has 7 nitrogen and oxygen atoms in total. The van der Waals surface area contributed by atoms with Crippen LogP contribution in [0.5, 0.6) is 0 Å². The van der Waals surface area contributed by atoms with Crippen LogP contribution in [0.3, 0.4) is 0 Å². The van der Waals surface area contributed by atoms with Crippen LogP contribution in [0.1, 0.15) is 30.4 Å². The van der Waals surface area contributed by atoms with Gasteiger partial charge in [-0.3, -0.25) is 14.1 Å². The van der Waals surface area contributed by atoms with Crippen molar-refractivity contribution in [3.63, 3.8) is 0 Å². The van der Waals surface area contributed by atoms with Crippen molar-refractivity contribution >= 4 is 29.9 Å². The predicted octanol–water partition coefficient (Wildman–Crippen LogP) is 1.40. The monoisotopic (exact) mass is 424 g/mol. The van der Waals surface area contributed by atoms with Crippen LogP contribution < -0.4 is 0 Å². The van der Waals surface area contributed by atoms with E-state index in [0.717, 1.165) is 17.4 Å². The van der Waals surface area contributed by atoms with E-state index in [1.54, 1.807) is 12.1 Å². The van der Waals surface area contributed by atoms with E-state index < -0.39 is 46.5 Å². The minimum atomic E-state index is -5.16. The van der Waals surface area contributed by atoms with E-state index in [0.29, 0.717) is 0 Å². The van der Waals surface area contributed by atoms with Gasteiger partial charge in [-0.25, -0.2) is 0 Å². The fourth-order valence-corrected chi connectivity index (χ4v) is 2.89. The molecule has 0 aliphatic rings. The zero-order valence-corrected chi connectivity index (χ0v) is 15.9. The van der Waals surface area contributed by atoms with Crippen molar-refractivity contribution in [2.24, 2.45) is 0 Å². The first-order valence-electron chi connectivity index (χ1n) is 8.36. The first-order valence-corrected chi connectivity index (χ1v) is 9.97. The van der Waals surface area contributed by atoms with Crippen LogP contribution >= 0.6 is 0 Å². The summed E-state index contributed by atoms with van der Waals surface area (Å²) in [5.74, 6) is -3.76. The summed E-state index contributed by atoms with van der Waals surface area (Å²) >= 11 is 0. The van der Waals surface area contributed by atoms with Gasteiger partial charge in [-0.05, 0) is 17.5 Å². The molecule has 28 heavy (non-hydrogen) atoms. The van der Waals surface area contributed by atoms with Gasteiger partial charge in [-0.1, -0.05) is 30.6 Å². The van der Waals surface area contributed by atoms with Crippen LogP contribution in [0.4, 0.5) is 13.2 Å². The highest BCUT2D eigenvalue weighted by Crippen LogP contribution is 2.24. The van der Waals surface area contributed by atoms with Crippen LogP contribution in [0.15, 0.2) is 24.3 Å². The summed E-state index contributed by atoms with van der Waals surface area (Å²) < 4.78 is 76.9. The smallest absolute Gasteiger partial charge is 0.426 e. The molecule has 1 aromatic carbocycles. The van der Waals surface area contributed by atoms with Crippen molar-refractivity contribution in [1.29, 1.82) is 0 Å². The van der Waals surface area contributed by atoms with Gasteiger partial charge in [0.05, 0.1) is 0 Å². The zero-order valence-electron chi connectivity index (χ0n) is 15.1. The van der Waals surface area contributed by atoms with E-state index >= 15 is 0 Å². The van der Waals surface area contributed by atoms with Gasteiger partial charge in [-0.15, -0.1) is 0 Å². The molecule has 0 radical (unpaired) electrons. The van der Waals surface area contributed by atoms with E-state index in [1.165, 1.54) is 0 Å². The zero-order chi connectivity index (χ0) is 21.4. The molecule has 0 aliphatic heterocycles. The third-order valence-corrected chi connectivity index (χ3v) is 4.37. The molecule has 156 valence electrons. The molecule has 0 spiro atoms. The number of halogens is 3. The lowest BCUT2D eigenvalue weighted by Gasteiger charge is -2.19. The second-order valence-electron chi connectivity index (χ2n) is 5.91. The van der Waals surface area contributed by atoms with Crippen molar-refractivity contribution in [2.45, 2.75) is 44.5 Å². The molecular weight excluding hydrogens is 404 g/mol. The quantitative estimate of drug-likeness (QED) is 0.344. The molecule has 1 rings (SSSR count). The molecule has 12 heteroatoms. The number of carbonyl (C=O) groups excluding carboxylic acids is 2. The number of rotatable bonds is 10. The van der Waals surface area contributed by atoms with Crippen LogP contribution in [-0.4, -0.2) is 50.8 Å². The summed E-state index contributed by atoms with van der Waals surface area (Å²) in [5, 5.41) is 0. The highest BCUT2D eigenvalue weighted by molar-refractivity contribution is 7.85. The molecule has 1 aromatic rings. The summed E-state index contributed by atoms with van der Waals surface area (Å²) in [5.41, 5.74) is 1.84. The van der Waals surface area contributed by atoms with Crippen LogP contribution in [0.2, 0.25) is 0 Å². The maximum Gasteiger partial charge on any atom is 0.426 e. The van der Waals surface area contributed by atoms with Crippen LogP contribution in [-0.2, 0) is 42.1 Å². The third-order valence-electron chi connectivity index (χ3n) is 3.65. The highest BCUT2D eigenvalue weighted by Gasteiger charge is 2.45. The fraction of sp³-hybridized carbons (Fsp3) is 0.500. The number of hydrogen-bond donors (Lipinski definition) is 1. The molecule has 1 atom stereocenters. The first-order chi connectivity index (χ1) is 12.9. The van der Waals surface area contributed by atoms with Crippen molar-refractivity contribution in [1.82, 2.24) is 0 Å². The highest BCUT2D eigenvalue weighted by atomic mass is 32.2. The van der Waals surface area contributed by atoms with E-state index in [1.807, 2.05) is 20.0 Å². The molecule has 0 aromatic heterocycles. The Morgan fingerprint density at radius 1 is 1.11 bits per heavy atom. The second kappa shape index (κ2) is 10.5. The number of hydrogen-bond acceptors (Lipinski definition) is 6. The number of esters is 2. The molecule has 1 N–H and O–H groups in total. The van der Waals surface area contributed by atoms with E-state index in [9.17, 15) is 31.2 Å². The van der Waals surface area contributed by atoms with E-state index in [-0.39, 0.29) is 19.4 Å². The Balaban J connectivity index is 2.43. The van der Waals surface area contributed by atoms with Crippen LogP contribution in [0, 0.1) is 0 Å². The summed E-state index contributed by atoms with van der Waals surface area (Å²) in [4.78, 5) is 23.2. The Morgan fingerprint density at radius 3 is 2.21 bits per heavy atom. The Labute approximate surface area is 161 Å². The van der Waals surface area contributed by atoms with Gasteiger partial charge in [0.25, 0.3) is 10.1 Å². The minimum Gasteiger partial charge on any atom is -0.461 e. The fourth-order valence-electron chi connectivity index (χ4n) is 2.25. The molecule has 0 fully saturated rings. The third kappa shape index (κ3) is 9.22. The Hall–Kier alpha value is -2.08. The lowest BCUT2D eigenvalue weighted by Crippen LogP contribution is -2.39. The Kier molecular flexibility index (Phi) is 8.96. The molecule has 0 saturated carbocycles. The number of benzene rings is 1. The van der Waals surface area contributed by atoms with Gasteiger partial charge >= 0.3 is 18.1 Å². The second-order valence-corrected chi connectivity index (χ2v) is 7.40. The lowest BCUT2D eigenvalue weighted by atomic mass is 9.93. The molecule has 0 heterocycles. The Bertz CT molecular complexity index is 781. The van der Waals surface area contributed by atoms with Gasteiger partial charge < -0.3 is 9.47 Å². The first kappa shape index (κ1) is 24.0. The van der Waals surface area contributed by atoms with Gasteiger partial charge in [0, 0.05) is 12.8 Å². The number of carbonyl (C=O) groups is 2. The maximum absolute atomic E-state index is 12.7. The van der Waals surface area contributed by atoms with Crippen LogP contribution in [0.25, 0.3) is 0 Å². The van der Waals surface area contributed by atoms with Gasteiger partial charge in [0.1, 0.15) is 20.2 Å². The van der Waals surface area contributed by atoms with Crippen molar-refractivity contribution < 1.29 is 45.2 Å². The molecule has 0 aliphatic carbocycles. The van der Waals surface area contributed by atoms with E-state index in [4.69, 9.17) is 9.29 Å². The van der Waals surface area contributed by atoms with Gasteiger partial charge in [-0.2, -0.15) is 21.6 Å². The SMILES string of the molecule is BCc1ccccc1COC(=O)CCCC(=O)OC(CS(=O)(=O)O)C(F)(F)F. The summed E-state index contributed by atoms with van der Waals surface area (Å²) in [6.45, 7) is 0.0395. The molecule has 0 bridgehead atoms. The van der Waals surface area contributed by atoms with Crippen molar-refractivity contribution in [3.05, 3.63) is 35.4 Å². The summed E-state index contributed by atoms with van der Waals surface area (Å²) in [6, 6.07) is 7.34. The lowest BCUT2D eigenvalue weighted by molar-refractivity contribution is -0.215.